The number of hydrogen-bond donors (Lipinski definition) is 0. The van der Waals surface area contributed by atoms with Crippen LogP contribution in [0.15, 0.2) is 24.3 Å². The number of hydrogen-bond acceptors (Lipinski definition) is 2. The van der Waals surface area contributed by atoms with Crippen LogP contribution < -0.4 is 5.19 Å². The van der Waals surface area contributed by atoms with Gasteiger partial charge in [-0.15, -0.1) is 0 Å². The van der Waals surface area contributed by atoms with Crippen molar-refractivity contribution in [2.24, 2.45) is 0 Å². The van der Waals surface area contributed by atoms with Crippen molar-refractivity contribution in [3.8, 4) is 0 Å². The lowest BCUT2D eigenvalue weighted by Gasteiger charge is -2.33. The van der Waals surface area contributed by atoms with Crippen molar-refractivity contribution in [2.75, 3.05) is 13.2 Å². The van der Waals surface area contributed by atoms with Crippen LogP contribution in [0.1, 0.15) is 19.4 Å². The molecule has 16 heavy (non-hydrogen) atoms. The lowest BCUT2D eigenvalue weighted by Crippen LogP contribution is -2.48. The second kappa shape index (κ2) is 5.12. The molecule has 1 aromatic rings. The topological polar surface area (TPSA) is 18.5 Å². The molecule has 1 saturated heterocycles. The predicted molar refractivity (Wildman–Crippen MR) is 67.4 cm³/mol. The molecule has 0 aliphatic carbocycles. The average Bonchev–Trinajstić information content (AvgIpc) is 2.14. The van der Waals surface area contributed by atoms with Crippen molar-refractivity contribution in [1.82, 2.24) is 0 Å². The van der Waals surface area contributed by atoms with E-state index < -0.39 is 9.04 Å². The van der Waals surface area contributed by atoms with Gasteiger partial charge in [0.25, 0.3) is 9.04 Å². The minimum absolute atomic E-state index is 0.300. The molecule has 87 valence electrons. The summed E-state index contributed by atoms with van der Waals surface area (Å²) in [5.41, 5.74) is 1.97. The first-order chi connectivity index (χ1) is 7.68. The molecule has 1 fully saturated rings. The van der Waals surface area contributed by atoms with E-state index in [2.05, 4.69) is 45.0 Å². The van der Waals surface area contributed by atoms with E-state index >= 15 is 0 Å². The third-order valence-electron chi connectivity index (χ3n) is 2.78. The summed E-state index contributed by atoms with van der Waals surface area (Å²) in [6.07, 6.45) is 0.300. The molecule has 0 bridgehead atoms. The number of rotatable bonds is 4. The van der Waals surface area contributed by atoms with E-state index in [0.717, 1.165) is 13.2 Å². The Morgan fingerprint density at radius 1 is 1.31 bits per heavy atom. The Hall–Kier alpha value is -0.643. The van der Waals surface area contributed by atoms with Crippen LogP contribution >= 0.6 is 0 Å². The van der Waals surface area contributed by atoms with Crippen LogP contribution in [0.4, 0.5) is 0 Å². The van der Waals surface area contributed by atoms with Crippen LogP contribution in [0.3, 0.4) is 0 Å². The Morgan fingerprint density at radius 2 is 2.00 bits per heavy atom. The summed E-state index contributed by atoms with van der Waals surface area (Å²) in [6, 6.07) is 8.58. The van der Waals surface area contributed by atoms with Gasteiger partial charge in [0.15, 0.2) is 0 Å². The average molecular weight is 235 g/mol. The summed E-state index contributed by atoms with van der Waals surface area (Å²) >= 11 is 0. The number of benzene rings is 1. The van der Waals surface area contributed by atoms with Gasteiger partial charge >= 0.3 is 0 Å². The van der Waals surface area contributed by atoms with E-state index in [-0.39, 0.29) is 0 Å². The molecular weight excluding hydrogens is 216 g/mol. The molecule has 1 aliphatic rings. The van der Waals surface area contributed by atoms with Crippen LogP contribution in [0, 0.1) is 6.92 Å². The number of aryl methyl sites for hydroxylation is 1. The molecule has 1 heterocycles. The van der Waals surface area contributed by atoms with Crippen LogP contribution in [0.2, 0.25) is 5.54 Å². The van der Waals surface area contributed by atoms with Gasteiger partial charge in [-0.3, -0.25) is 0 Å². The van der Waals surface area contributed by atoms with Crippen molar-refractivity contribution < 1.29 is 9.16 Å². The Morgan fingerprint density at radius 3 is 2.50 bits per heavy atom. The normalized spacial score (nSPS) is 16.8. The zero-order chi connectivity index (χ0) is 11.5. The Kier molecular flexibility index (Phi) is 3.79. The van der Waals surface area contributed by atoms with Gasteiger partial charge in [-0.05, 0) is 31.5 Å². The molecule has 0 N–H and O–H groups in total. The van der Waals surface area contributed by atoms with Crippen molar-refractivity contribution in [2.45, 2.75) is 32.4 Å². The quantitative estimate of drug-likeness (QED) is 0.743. The molecule has 0 unspecified atom stereocenters. The van der Waals surface area contributed by atoms with E-state index in [1.165, 1.54) is 10.8 Å². The minimum atomic E-state index is -0.919. The van der Waals surface area contributed by atoms with E-state index in [0.29, 0.717) is 11.6 Å². The first-order valence-electron chi connectivity index (χ1n) is 5.85. The SMILES string of the molecule is Cc1ccccc1[Si](OC(C)C)C1COC1. The molecular formula is C13H19O2Si. The molecule has 0 aromatic heterocycles. The van der Waals surface area contributed by atoms with Crippen molar-refractivity contribution in [3.63, 3.8) is 0 Å². The molecule has 0 amide bonds. The summed E-state index contributed by atoms with van der Waals surface area (Å²) in [5, 5.41) is 1.41. The highest BCUT2D eigenvalue weighted by molar-refractivity contribution is 6.69. The minimum Gasteiger partial charge on any atom is -0.409 e. The molecule has 1 radical (unpaired) electrons. The summed E-state index contributed by atoms with van der Waals surface area (Å²) < 4.78 is 11.4. The van der Waals surface area contributed by atoms with Crippen LogP contribution in [0.5, 0.6) is 0 Å². The summed E-state index contributed by atoms with van der Waals surface area (Å²) in [4.78, 5) is 0. The van der Waals surface area contributed by atoms with Gasteiger partial charge in [0, 0.05) is 11.6 Å². The molecule has 0 spiro atoms. The third-order valence-corrected chi connectivity index (χ3v) is 5.67. The van der Waals surface area contributed by atoms with Crippen molar-refractivity contribution >= 4 is 14.2 Å². The first-order valence-corrected chi connectivity index (χ1v) is 7.34. The number of ether oxygens (including phenoxy) is 1. The lowest BCUT2D eigenvalue weighted by molar-refractivity contribution is 0.0271. The molecule has 0 atom stereocenters. The largest absolute Gasteiger partial charge is 0.409 e. The predicted octanol–water partition coefficient (Wildman–Crippen LogP) is 2.02. The highest BCUT2D eigenvalue weighted by Gasteiger charge is 2.34. The Labute approximate surface area is 99.3 Å². The van der Waals surface area contributed by atoms with Gasteiger partial charge in [0.05, 0.1) is 13.2 Å². The molecule has 1 aliphatic heterocycles. The molecule has 1 aromatic carbocycles. The standard InChI is InChI=1S/C13H19O2Si/c1-10(2)15-16(12-8-14-9-12)13-7-5-4-6-11(13)3/h4-7,10,12H,8-9H2,1-3H3. The van der Waals surface area contributed by atoms with Gasteiger partial charge in [-0.25, -0.2) is 0 Å². The first kappa shape index (κ1) is 11.8. The van der Waals surface area contributed by atoms with Crippen LogP contribution in [-0.4, -0.2) is 28.4 Å². The Balaban J connectivity index is 2.20. The molecule has 0 saturated carbocycles. The maximum atomic E-state index is 6.14. The second-order valence-electron chi connectivity index (χ2n) is 4.58. The lowest BCUT2D eigenvalue weighted by atomic mass is 10.2. The zero-order valence-electron chi connectivity index (χ0n) is 10.2. The second-order valence-corrected chi connectivity index (χ2v) is 6.90. The fourth-order valence-corrected chi connectivity index (χ4v) is 4.41. The highest BCUT2D eigenvalue weighted by atomic mass is 28.3. The third kappa shape index (κ3) is 2.54. The monoisotopic (exact) mass is 235 g/mol. The van der Waals surface area contributed by atoms with E-state index in [9.17, 15) is 0 Å². The zero-order valence-corrected chi connectivity index (χ0v) is 11.2. The summed E-state index contributed by atoms with van der Waals surface area (Å²) in [6.45, 7) is 8.14. The van der Waals surface area contributed by atoms with Gasteiger partial charge in [-0.1, -0.05) is 24.3 Å². The molecule has 2 nitrogen and oxygen atoms in total. The Bertz CT molecular complexity index is 348. The van der Waals surface area contributed by atoms with Crippen LogP contribution in [0.25, 0.3) is 0 Å². The fourth-order valence-electron chi connectivity index (χ4n) is 1.87. The smallest absolute Gasteiger partial charge is 0.255 e. The van der Waals surface area contributed by atoms with E-state index in [4.69, 9.17) is 9.16 Å². The van der Waals surface area contributed by atoms with Crippen molar-refractivity contribution in [3.05, 3.63) is 29.8 Å². The van der Waals surface area contributed by atoms with Gasteiger partial charge < -0.3 is 9.16 Å². The maximum Gasteiger partial charge on any atom is 0.255 e. The summed E-state index contributed by atoms with van der Waals surface area (Å²) in [5.74, 6) is 0. The van der Waals surface area contributed by atoms with Gasteiger partial charge in [-0.2, -0.15) is 0 Å². The van der Waals surface area contributed by atoms with Gasteiger partial charge in [0.2, 0.25) is 0 Å². The van der Waals surface area contributed by atoms with Crippen molar-refractivity contribution in [1.29, 1.82) is 0 Å². The summed E-state index contributed by atoms with van der Waals surface area (Å²) in [7, 11) is -0.919. The fraction of sp³-hybridized carbons (Fsp3) is 0.538. The molecule has 2 rings (SSSR count). The molecule has 3 heteroatoms. The van der Waals surface area contributed by atoms with Gasteiger partial charge in [0.1, 0.15) is 0 Å². The van der Waals surface area contributed by atoms with E-state index in [1.807, 2.05) is 0 Å². The van der Waals surface area contributed by atoms with E-state index in [1.54, 1.807) is 0 Å². The maximum absolute atomic E-state index is 6.14. The van der Waals surface area contributed by atoms with Crippen LogP contribution in [-0.2, 0) is 9.16 Å². The highest BCUT2D eigenvalue weighted by Crippen LogP contribution is 2.23.